The fraction of sp³-hybridized carbons (Fsp3) is 0.250. The summed E-state index contributed by atoms with van der Waals surface area (Å²) in [5.74, 6) is 0. The zero-order chi connectivity index (χ0) is 19.4. The van der Waals surface area contributed by atoms with E-state index >= 15 is 0 Å². The molecule has 0 saturated carbocycles. The van der Waals surface area contributed by atoms with Gasteiger partial charge in [0.1, 0.15) is 5.60 Å². The molecule has 0 aromatic heterocycles. The zero-order valence-corrected chi connectivity index (χ0v) is 15.4. The van der Waals surface area contributed by atoms with E-state index in [2.05, 4.69) is 0 Å². The second-order valence-corrected chi connectivity index (χ2v) is 6.99. The van der Waals surface area contributed by atoms with Crippen LogP contribution in [0.2, 0.25) is 0 Å². The Hall–Kier alpha value is -2.53. The van der Waals surface area contributed by atoms with Gasteiger partial charge in [-0.15, -0.1) is 0 Å². The molecule has 1 aliphatic heterocycles. The Morgan fingerprint density at radius 1 is 0.821 bits per heavy atom. The largest absolute Gasteiger partial charge is 0.366 e. The van der Waals surface area contributed by atoms with E-state index < -0.39 is 24.2 Å². The van der Waals surface area contributed by atoms with E-state index in [1.165, 1.54) is 0 Å². The lowest BCUT2D eigenvalue weighted by Crippen LogP contribution is -2.35. The van der Waals surface area contributed by atoms with Crippen molar-refractivity contribution in [2.75, 3.05) is 6.61 Å². The van der Waals surface area contributed by atoms with Gasteiger partial charge in [0.2, 0.25) is 0 Å². The minimum absolute atomic E-state index is 0.121. The topological polar surface area (TPSA) is 38.7 Å². The summed E-state index contributed by atoms with van der Waals surface area (Å²) in [4.78, 5) is 0. The molecule has 3 nitrogen and oxygen atoms in total. The van der Waals surface area contributed by atoms with Crippen LogP contribution in [-0.4, -0.2) is 30.3 Å². The number of ether oxygens (including phenoxy) is 2. The summed E-state index contributed by atoms with van der Waals surface area (Å²) < 4.78 is 25.6. The molecule has 0 spiro atoms. The van der Waals surface area contributed by atoms with Crippen LogP contribution in [0.15, 0.2) is 91.0 Å². The summed E-state index contributed by atoms with van der Waals surface area (Å²) in [7, 11) is 0. The Morgan fingerprint density at radius 3 is 1.61 bits per heavy atom. The fourth-order valence-corrected chi connectivity index (χ4v) is 3.80. The van der Waals surface area contributed by atoms with Gasteiger partial charge in [0, 0.05) is 6.42 Å². The lowest BCUT2D eigenvalue weighted by atomic mass is 9.80. The van der Waals surface area contributed by atoms with Gasteiger partial charge in [-0.25, -0.2) is 4.39 Å². The van der Waals surface area contributed by atoms with Gasteiger partial charge in [0.25, 0.3) is 0 Å². The normalized spacial score (nSPS) is 22.3. The molecule has 0 radical (unpaired) electrons. The quantitative estimate of drug-likeness (QED) is 0.645. The van der Waals surface area contributed by atoms with Crippen molar-refractivity contribution in [3.63, 3.8) is 0 Å². The maximum absolute atomic E-state index is 13.7. The highest BCUT2D eigenvalue weighted by atomic mass is 19.1. The molecule has 1 aliphatic rings. The number of rotatable bonds is 6. The molecule has 3 atom stereocenters. The monoisotopic (exact) mass is 378 g/mol. The summed E-state index contributed by atoms with van der Waals surface area (Å²) >= 11 is 0. The molecule has 4 heteroatoms. The molecule has 144 valence electrons. The molecule has 4 rings (SSSR count). The summed E-state index contributed by atoms with van der Waals surface area (Å²) in [5, 5.41) is 9.60. The summed E-state index contributed by atoms with van der Waals surface area (Å²) in [5.41, 5.74) is 2.06. The van der Waals surface area contributed by atoms with Crippen molar-refractivity contribution in [3.8, 4) is 0 Å². The standard InChI is InChI=1S/C24H23FO3/c25-22-16-21(28-23(22)26)17-27-24(18-10-4-1-5-11-18,19-12-6-2-7-13-19)20-14-8-3-9-15-20/h1-15,21-23,26H,16-17H2/t21?,22-,23?/m0/s1. The van der Waals surface area contributed by atoms with E-state index in [1.54, 1.807) is 0 Å². The number of hydrogen-bond acceptors (Lipinski definition) is 3. The highest BCUT2D eigenvalue weighted by Crippen LogP contribution is 2.41. The maximum atomic E-state index is 13.7. The Bertz CT molecular complexity index is 763. The van der Waals surface area contributed by atoms with Gasteiger partial charge >= 0.3 is 0 Å². The van der Waals surface area contributed by atoms with Crippen LogP contribution in [0.4, 0.5) is 4.39 Å². The summed E-state index contributed by atoms with van der Waals surface area (Å²) in [6.45, 7) is 0.163. The van der Waals surface area contributed by atoms with Gasteiger partial charge in [0.15, 0.2) is 12.5 Å². The van der Waals surface area contributed by atoms with Gasteiger partial charge in [-0.1, -0.05) is 91.0 Å². The molecule has 2 unspecified atom stereocenters. The van der Waals surface area contributed by atoms with Crippen LogP contribution >= 0.6 is 0 Å². The third kappa shape index (κ3) is 3.59. The second-order valence-electron chi connectivity index (χ2n) is 6.99. The van der Waals surface area contributed by atoms with Crippen LogP contribution in [-0.2, 0) is 15.1 Å². The van der Waals surface area contributed by atoms with Gasteiger partial charge < -0.3 is 14.6 Å². The summed E-state index contributed by atoms with van der Waals surface area (Å²) in [6, 6.07) is 30.0. The fourth-order valence-electron chi connectivity index (χ4n) is 3.80. The molecule has 0 amide bonds. The Labute approximate surface area is 164 Å². The van der Waals surface area contributed by atoms with E-state index in [4.69, 9.17) is 9.47 Å². The molecule has 1 fully saturated rings. The highest BCUT2D eigenvalue weighted by molar-refractivity contribution is 5.47. The van der Waals surface area contributed by atoms with E-state index in [1.807, 2.05) is 91.0 Å². The lowest BCUT2D eigenvalue weighted by molar-refractivity contribution is -0.135. The van der Waals surface area contributed by atoms with Gasteiger partial charge in [0.05, 0.1) is 12.7 Å². The molecule has 1 heterocycles. The van der Waals surface area contributed by atoms with Crippen LogP contribution in [0.5, 0.6) is 0 Å². The first-order valence-corrected chi connectivity index (χ1v) is 9.48. The Kier molecular flexibility index (Phi) is 5.53. The van der Waals surface area contributed by atoms with Crippen molar-refractivity contribution in [1.82, 2.24) is 0 Å². The van der Waals surface area contributed by atoms with E-state index in [9.17, 15) is 9.50 Å². The molecule has 3 aromatic carbocycles. The first-order valence-electron chi connectivity index (χ1n) is 9.48. The molecular formula is C24H23FO3. The predicted octanol–water partition coefficient (Wildman–Crippen LogP) is 4.44. The average molecular weight is 378 g/mol. The van der Waals surface area contributed by atoms with Crippen molar-refractivity contribution in [1.29, 1.82) is 0 Å². The average Bonchev–Trinajstić information content (AvgIpc) is 3.08. The van der Waals surface area contributed by atoms with Gasteiger partial charge in [-0.05, 0) is 16.7 Å². The first-order chi connectivity index (χ1) is 13.7. The number of aliphatic hydroxyl groups excluding tert-OH is 1. The Morgan fingerprint density at radius 2 is 1.25 bits per heavy atom. The number of aliphatic hydroxyl groups is 1. The highest BCUT2D eigenvalue weighted by Gasteiger charge is 2.40. The van der Waals surface area contributed by atoms with E-state index in [0.29, 0.717) is 0 Å². The number of alkyl halides is 1. The SMILES string of the molecule is OC1OC(COC(c2ccccc2)(c2ccccc2)c2ccccc2)C[C@@H]1F. The van der Waals surface area contributed by atoms with Crippen LogP contribution in [0.3, 0.4) is 0 Å². The smallest absolute Gasteiger partial charge is 0.186 e. The molecule has 0 bridgehead atoms. The summed E-state index contributed by atoms with van der Waals surface area (Å²) in [6.07, 6.45) is -3.14. The van der Waals surface area contributed by atoms with Crippen LogP contribution in [0.1, 0.15) is 23.1 Å². The second kappa shape index (κ2) is 8.23. The lowest BCUT2D eigenvalue weighted by Gasteiger charge is -2.36. The van der Waals surface area contributed by atoms with Crippen LogP contribution in [0.25, 0.3) is 0 Å². The molecule has 1 saturated heterocycles. The first kappa shape index (κ1) is 18.8. The van der Waals surface area contributed by atoms with Gasteiger partial charge in [-0.3, -0.25) is 0 Å². The van der Waals surface area contributed by atoms with Crippen molar-refractivity contribution in [2.24, 2.45) is 0 Å². The molecule has 3 aromatic rings. The van der Waals surface area contributed by atoms with E-state index in [-0.39, 0.29) is 13.0 Å². The van der Waals surface area contributed by atoms with Crippen molar-refractivity contribution < 1.29 is 19.0 Å². The minimum Gasteiger partial charge on any atom is -0.366 e. The third-order valence-electron chi connectivity index (χ3n) is 5.16. The van der Waals surface area contributed by atoms with Crippen LogP contribution in [0, 0.1) is 0 Å². The van der Waals surface area contributed by atoms with Gasteiger partial charge in [-0.2, -0.15) is 0 Å². The predicted molar refractivity (Wildman–Crippen MR) is 106 cm³/mol. The van der Waals surface area contributed by atoms with Crippen molar-refractivity contribution >= 4 is 0 Å². The number of halogens is 1. The maximum Gasteiger partial charge on any atom is 0.186 e. The number of hydrogen-bond donors (Lipinski definition) is 1. The van der Waals surface area contributed by atoms with Crippen molar-refractivity contribution in [3.05, 3.63) is 108 Å². The molecule has 1 N–H and O–H groups in total. The zero-order valence-electron chi connectivity index (χ0n) is 15.4. The molecule has 0 aliphatic carbocycles. The third-order valence-corrected chi connectivity index (χ3v) is 5.16. The molecular weight excluding hydrogens is 355 g/mol. The minimum atomic E-state index is -1.38. The van der Waals surface area contributed by atoms with E-state index in [0.717, 1.165) is 16.7 Å². The van der Waals surface area contributed by atoms with Crippen molar-refractivity contribution in [2.45, 2.75) is 30.6 Å². The number of benzene rings is 3. The Balaban J connectivity index is 1.79. The van der Waals surface area contributed by atoms with Crippen LogP contribution < -0.4 is 0 Å². The molecule has 28 heavy (non-hydrogen) atoms.